The first-order valence-electron chi connectivity index (χ1n) is 6.59. The van der Waals surface area contributed by atoms with Gasteiger partial charge in [-0.25, -0.2) is 9.97 Å². The van der Waals surface area contributed by atoms with Crippen LogP contribution < -0.4 is 0 Å². The highest BCUT2D eigenvalue weighted by molar-refractivity contribution is 5.86. The second kappa shape index (κ2) is 4.63. The summed E-state index contributed by atoms with van der Waals surface area (Å²) in [4.78, 5) is 19.2. The van der Waals surface area contributed by atoms with Crippen molar-refractivity contribution in [2.75, 3.05) is 0 Å². The van der Waals surface area contributed by atoms with E-state index in [0.29, 0.717) is 16.7 Å². The molecule has 0 amide bonds. The Balaban J connectivity index is 1.86. The number of fused-ring (bicyclic) bond motifs is 2. The molecule has 2 aliphatic rings. The summed E-state index contributed by atoms with van der Waals surface area (Å²) in [6, 6.07) is 10.3. The van der Waals surface area contributed by atoms with Crippen molar-refractivity contribution in [2.24, 2.45) is 0 Å². The molecule has 6 heteroatoms. The van der Waals surface area contributed by atoms with Crippen molar-refractivity contribution in [3.05, 3.63) is 65.2 Å². The molecule has 1 aromatic carbocycles. The first-order valence-corrected chi connectivity index (χ1v) is 6.59. The number of rotatable bonds is 2. The normalized spacial score (nSPS) is 11.1. The van der Waals surface area contributed by atoms with Gasteiger partial charge in [-0.3, -0.25) is 10.1 Å². The van der Waals surface area contributed by atoms with Crippen LogP contribution in [-0.4, -0.2) is 14.9 Å². The van der Waals surface area contributed by atoms with Gasteiger partial charge >= 0.3 is 0 Å². The lowest BCUT2D eigenvalue weighted by Gasteiger charge is -2.04. The molecule has 0 bridgehead atoms. The molecule has 6 nitrogen and oxygen atoms in total. The van der Waals surface area contributed by atoms with Gasteiger partial charge in [-0.05, 0) is 23.8 Å². The quantitative estimate of drug-likeness (QED) is 0.413. The zero-order valence-electron chi connectivity index (χ0n) is 11.3. The molecule has 0 fully saturated rings. The van der Waals surface area contributed by atoms with Gasteiger partial charge in [0.2, 0.25) is 0 Å². The van der Waals surface area contributed by atoms with Gasteiger partial charge in [-0.1, -0.05) is 6.07 Å². The van der Waals surface area contributed by atoms with E-state index in [1.54, 1.807) is 24.8 Å². The molecule has 2 aromatic rings. The lowest BCUT2D eigenvalue weighted by atomic mass is 10.1. The summed E-state index contributed by atoms with van der Waals surface area (Å²) in [6.07, 6.45) is 4.89. The summed E-state index contributed by atoms with van der Waals surface area (Å²) >= 11 is 0. The number of nitrogens with zero attached hydrogens (tertiary/aromatic N) is 3. The summed E-state index contributed by atoms with van der Waals surface area (Å²) in [6.45, 7) is 0. The maximum absolute atomic E-state index is 10.8. The van der Waals surface area contributed by atoms with E-state index in [1.807, 2.05) is 18.2 Å². The fourth-order valence-electron chi connectivity index (χ4n) is 2.48. The van der Waals surface area contributed by atoms with Gasteiger partial charge in [-0.2, -0.15) is 0 Å². The van der Waals surface area contributed by atoms with E-state index in [2.05, 4.69) is 9.97 Å². The Labute approximate surface area is 124 Å². The molecule has 4 rings (SSSR count). The van der Waals surface area contributed by atoms with E-state index < -0.39 is 4.92 Å². The summed E-state index contributed by atoms with van der Waals surface area (Å²) in [5.74, 6) is 0.586. The number of hydrogen-bond donors (Lipinski definition) is 0. The molecule has 0 saturated heterocycles. The van der Waals surface area contributed by atoms with Crippen molar-refractivity contribution >= 4 is 16.6 Å². The van der Waals surface area contributed by atoms with Crippen LogP contribution in [0.4, 0.5) is 5.69 Å². The minimum Gasteiger partial charge on any atom is -0.472 e. The van der Waals surface area contributed by atoms with E-state index in [-0.39, 0.29) is 5.69 Å². The van der Waals surface area contributed by atoms with Gasteiger partial charge in [0.1, 0.15) is 0 Å². The highest BCUT2D eigenvalue weighted by Crippen LogP contribution is 2.34. The van der Waals surface area contributed by atoms with Gasteiger partial charge in [0.15, 0.2) is 5.82 Å². The number of aromatic nitrogens is 2. The molecule has 0 atom stereocenters. The minimum absolute atomic E-state index is 0.0317. The fraction of sp³-hybridized carbons (Fsp3) is 0. The van der Waals surface area contributed by atoms with Crippen molar-refractivity contribution in [1.29, 1.82) is 0 Å². The van der Waals surface area contributed by atoms with Crippen LogP contribution in [0.1, 0.15) is 0 Å². The Kier molecular flexibility index (Phi) is 2.62. The van der Waals surface area contributed by atoms with E-state index in [0.717, 1.165) is 16.7 Å². The van der Waals surface area contributed by atoms with Crippen LogP contribution in [0.3, 0.4) is 0 Å². The highest BCUT2D eigenvalue weighted by Gasteiger charge is 2.14. The third-order valence-corrected chi connectivity index (χ3v) is 3.55. The molecule has 22 heavy (non-hydrogen) atoms. The average molecular weight is 291 g/mol. The molecule has 0 unspecified atom stereocenters. The minimum atomic E-state index is -0.429. The van der Waals surface area contributed by atoms with Crippen LogP contribution in [0.25, 0.3) is 33.4 Å². The van der Waals surface area contributed by atoms with E-state index >= 15 is 0 Å². The van der Waals surface area contributed by atoms with E-state index in [1.165, 1.54) is 12.1 Å². The van der Waals surface area contributed by atoms with Gasteiger partial charge in [0.05, 0.1) is 23.0 Å². The molecule has 0 radical (unpaired) electrons. The van der Waals surface area contributed by atoms with Crippen molar-refractivity contribution in [2.45, 2.75) is 0 Å². The first kappa shape index (κ1) is 12.5. The maximum Gasteiger partial charge on any atom is 0.270 e. The second-order valence-corrected chi connectivity index (χ2v) is 4.87. The molecule has 2 heterocycles. The third kappa shape index (κ3) is 1.89. The predicted octanol–water partition coefficient (Wildman–Crippen LogP) is 3.90. The first-order chi connectivity index (χ1) is 10.7. The summed E-state index contributed by atoms with van der Waals surface area (Å²) < 4.78 is 5.14. The number of hydrogen-bond acceptors (Lipinski definition) is 5. The molecule has 0 N–H and O–H groups in total. The lowest BCUT2D eigenvalue weighted by Crippen LogP contribution is -1.92. The maximum atomic E-state index is 10.8. The van der Waals surface area contributed by atoms with E-state index in [4.69, 9.17) is 4.42 Å². The Bertz CT molecular complexity index is 977. The summed E-state index contributed by atoms with van der Waals surface area (Å²) in [5, 5.41) is 11.4. The lowest BCUT2D eigenvalue weighted by molar-refractivity contribution is -0.384. The molecule has 1 aliphatic heterocycles. The molecule has 1 aliphatic carbocycles. The molecular weight excluding hydrogens is 282 g/mol. The number of non-ortho nitro benzene ring substituents is 1. The van der Waals surface area contributed by atoms with Crippen LogP contribution in [0.15, 0.2) is 59.5 Å². The monoisotopic (exact) mass is 291 g/mol. The highest BCUT2D eigenvalue weighted by atomic mass is 16.6. The molecular formula is C16H9N3O3. The van der Waals surface area contributed by atoms with Gasteiger partial charge in [0.25, 0.3) is 5.69 Å². The molecule has 1 aromatic heterocycles. The smallest absolute Gasteiger partial charge is 0.270 e. The topological polar surface area (TPSA) is 82.1 Å². The van der Waals surface area contributed by atoms with Crippen LogP contribution in [-0.2, 0) is 0 Å². The zero-order chi connectivity index (χ0) is 15.1. The van der Waals surface area contributed by atoms with Gasteiger partial charge < -0.3 is 4.42 Å². The van der Waals surface area contributed by atoms with Crippen LogP contribution in [0, 0.1) is 10.1 Å². The number of nitro groups is 1. The van der Waals surface area contributed by atoms with Crippen molar-refractivity contribution in [1.82, 2.24) is 9.97 Å². The van der Waals surface area contributed by atoms with Gasteiger partial charge in [-0.15, -0.1) is 0 Å². The third-order valence-electron chi connectivity index (χ3n) is 3.55. The Hall–Kier alpha value is -3.28. The van der Waals surface area contributed by atoms with Crippen molar-refractivity contribution < 1.29 is 9.34 Å². The van der Waals surface area contributed by atoms with Crippen molar-refractivity contribution in [3.8, 4) is 22.5 Å². The molecule has 0 spiro atoms. The average Bonchev–Trinajstić information content (AvgIpc) is 2.98. The van der Waals surface area contributed by atoms with Crippen molar-refractivity contribution in [3.63, 3.8) is 0 Å². The number of benzene rings is 1. The fourth-order valence-corrected chi connectivity index (χ4v) is 2.48. The number of nitro benzene ring substituents is 1. The molecule has 106 valence electrons. The Morgan fingerprint density at radius 1 is 1.09 bits per heavy atom. The van der Waals surface area contributed by atoms with Crippen LogP contribution in [0.2, 0.25) is 0 Å². The largest absolute Gasteiger partial charge is 0.472 e. The van der Waals surface area contributed by atoms with E-state index in [9.17, 15) is 10.1 Å². The Morgan fingerprint density at radius 2 is 2.00 bits per heavy atom. The predicted molar refractivity (Wildman–Crippen MR) is 80.5 cm³/mol. The SMILES string of the molecule is O=[N+]([O-])c1ccc2nc(-c3ccc4coccc3-4)ncc2c1. The summed E-state index contributed by atoms with van der Waals surface area (Å²) in [7, 11) is 0. The Morgan fingerprint density at radius 3 is 2.86 bits per heavy atom. The van der Waals surface area contributed by atoms with Crippen LogP contribution in [0.5, 0.6) is 0 Å². The summed E-state index contributed by atoms with van der Waals surface area (Å²) in [5.41, 5.74) is 3.60. The zero-order valence-corrected chi connectivity index (χ0v) is 11.3. The van der Waals surface area contributed by atoms with Gasteiger partial charge in [0, 0.05) is 34.8 Å². The standard InChI is InChI=1S/C16H9N3O3/c20-19(21)12-2-4-15-11(7-12)8-17-16(18-15)14-3-1-10-9-22-6-5-13(10)14/h1-9H. The second-order valence-electron chi connectivity index (χ2n) is 4.87. The molecule has 0 saturated carbocycles. The van der Waals surface area contributed by atoms with Crippen LogP contribution >= 0.6 is 0 Å².